The highest BCUT2D eigenvalue weighted by atomic mass is 16.3. The van der Waals surface area contributed by atoms with Crippen LogP contribution in [0.2, 0.25) is 0 Å². The van der Waals surface area contributed by atoms with Gasteiger partial charge in [0.25, 0.3) is 0 Å². The fourth-order valence-corrected chi connectivity index (χ4v) is 2.47. The van der Waals surface area contributed by atoms with Gasteiger partial charge in [0.1, 0.15) is 5.82 Å². The van der Waals surface area contributed by atoms with E-state index in [1.807, 2.05) is 17.8 Å². The topological polar surface area (TPSA) is 38.0 Å². The Balaban J connectivity index is 1.91. The van der Waals surface area contributed by atoms with Crippen LogP contribution < -0.4 is 0 Å². The molecular weight excluding hydrogens is 188 g/mol. The zero-order valence-corrected chi connectivity index (χ0v) is 9.39. The lowest BCUT2D eigenvalue weighted by Gasteiger charge is -2.26. The number of hydrogen-bond acceptors (Lipinski definition) is 2. The van der Waals surface area contributed by atoms with Crippen LogP contribution in [0.3, 0.4) is 0 Å². The van der Waals surface area contributed by atoms with E-state index in [-0.39, 0.29) is 6.10 Å². The van der Waals surface area contributed by atoms with Crippen LogP contribution in [0.4, 0.5) is 0 Å². The second-order valence-corrected chi connectivity index (χ2v) is 4.62. The van der Waals surface area contributed by atoms with E-state index in [1.165, 1.54) is 32.1 Å². The number of aromatic nitrogens is 2. The van der Waals surface area contributed by atoms with Gasteiger partial charge in [0.15, 0.2) is 0 Å². The molecule has 1 heterocycles. The second-order valence-electron chi connectivity index (χ2n) is 4.62. The van der Waals surface area contributed by atoms with Gasteiger partial charge in [0.05, 0.1) is 6.10 Å². The first-order valence-electron chi connectivity index (χ1n) is 5.91. The molecule has 0 bridgehead atoms. The van der Waals surface area contributed by atoms with Crippen molar-refractivity contribution >= 4 is 0 Å². The molecule has 15 heavy (non-hydrogen) atoms. The number of aliphatic hydroxyl groups is 1. The molecule has 1 aliphatic rings. The first kappa shape index (κ1) is 10.7. The highest BCUT2D eigenvalue weighted by Crippen LogP contribution is 2.27. The molecule has 84 valence electrons. The Hall–Kier alpha value is -0.830. The van der Waals surface area contributed by atoms with Crippen molar-refractivity contribution in [2.75, 3.05) is 0 Å². The average Bonchev–Trinajstić information content (AvgIpc) is 2.66. The average molecular weight is 208 g/mol. The summed E-state index contributed by atoms with van der Waals surface area (Å²) in [6.07, 6.45) is 10.5. The van der Waals surface area contributed by atoms with Crippen LogP contribution in [0.25, 0.3) is 0 Å². The number of imidazole rings is 1. The van der Waals surface area contributed by atoms with Gasteiger partial charge in [-0.1, -0.05) is 19.3 Å². The minimum Gasteiger partial charge on any atom is -0.392 e. The molecule has 1 aromatic rings. The number of rotatable bonds is 3. The summed E-state index contributed by atoms with van der Waals surface area (Å²) in [5.74, 6) is 1.49. The number of hydrogen-bond donors (Lipinski definition) is 1. The van der Waals surface area contributed by atoms with Gasteiger partial charge in [-0.2, -0.15) is 0 Å². The van der Waals surface area contributed by atoms with Gasteiger partial charge >= 0.3 is 0 Å². The van der Waals surface area contributed by atoms with Gasteiger partial charge in [-0.15, -0.1) is 0 Å². The van der Waals surface area contributed by atoms with Crippen molar-refractivity contribution in [3.05, 3.63) is 18.2 Å². The summed E-state index contributed by atoms with van der Waals surface area (Å²) in [4.78, 5) is 4.25. The van der Waals surface area contributed by atoms with Crippen molar-refractivity contribution in [2.24, 2.45) is 13.0 Å². The lowest BCUT2D eigenvalue weighted by atomic mass is 9.84. The number of aliphatic hydroxyl groups excluding tert-OH is 1. The van der Waals surface area contributed by atoms with Crippen molar-refractivity contribution in [3.63, 3.8) is 0 Å². The monoisotopic (exact) mass is 208 g/mol. The first-order chi connectivity index (χ1) is 7.27. The summed E-state index contributed by atoms with van der Waals surface area (Å²) in [6.45, 7) is 0. The summed E-state index contributed by atoms with van der Waals surface area (Å²) >= 11 is 0. The fourth-order valence-electron chi connectivity index (χ4n) is 2.47. The molecule has 0 spiro atoms. The highest BCUT2D eigenvalue weighted by molar-refractivity contribution is 4.94. The summed E-state index contributed by atoms with van der Waals surface area (Å²) in [6, 6.07) is 0. The van der Waals surface area contributed by atoms with Crippen molar-refractivity contribution in [1.29, 1.82) is 0 Å². The highest BCUT2D eigenvalue weighted by Gasteiger charge is 2.22. The van der Waals surface area contributed by atoms with Crippen molar-refractivity contribution in [3.8, 4) is 0 Å². The maximum atomic E-state index is 10.1. The molecule has 1 atom stereocenters. The van der Waals surface area contributed by atoms with Gasteiger partial charge in [-0.25, -0.2) is 4.98 Å². The largest absolute Gasteiger partial charge is 0.392 e. The molecule has 1 aliphatic carbocycles. The predicted octanol–water partition coefficient (Wildman–Crippen LogP) is 1.90. The van der Waals surface area contributed by atoms with Crippen LogP contribution in [-0.2, 0) is 13.5 Å². The molecule has 1 fully saturated rings. The Kier molecular flexibility index (Phi) is 3.41. The smallest absolute Gasteiger partial charge is 0.110 e. The third-order valence-corrected chi connectivity index (χ3v) is 3.51. The zero-order valence-electron chi connectivity index (χ0n) is 9.39. The normalized spacial score (nSPS) is 20.4. The van der Waals surface area contributed by atoms with E-state index in [1.54, 1.807) is 6.20 Å². The van der Waals surface area contributed by atoms with Gasteiger partial charge in [0.2, 0.25) is 0 Å². The van der Waals surface area contributed by atoms with Crippen molar-refractivity contribution < 1.29 is 5.11 Å². The number of aryl methyl sites for hydroxylation is 1. The van der Waals surface area contributed by atoms with Crippen molar-refractivity contribution in [2.45, 2.75) is 44.6 Å². The fraction of sp³-hybridized carbons (Fsp3) is 0.750. The molecule has 0 aromatic carbocycles. The Morgan fingerprint density at radius 3 is 2.80 bits per heavy atom. The maximum Gasteiger partial charge on any atom is 0.110 e. The Morgan fingerprint density at radius 1 is 1.47 bits per heavy atom. The summed E-state index contributed by atoms with van der Waals surface area (Å²) < 4.78 is 1.99. The summed E-state index contributed by atoms with van der Waals surface area (Å²) in [5.41, 5.74) is 0. The lowest BCUT2D eigenvalue weighted by molar-refractivity contribution is 0.0828. The van der Waals surface area contributed by atoms with E-state index in [2.05, 4.69) is 4.98 Å². The molecule has 0 radical (unpaired) electrons. The molecule has 0 amide bonds. The van der Waals surface area contributed by atoms with Crippen LogP contribution in [0.5, 0.6) is 0 Å². The quantitative estimate of drug-likeness (QED) is 0.824. The van der Waals surface area contributed by atoms with E-state index in [0.717, 1.165) is 5.82 Å². The van der Waals surface area contributed by atoms with Gasteiger partial charge in [-0.05, 0) is 18.8 Å². The van der Waals surface area contributed by atoms with Gasteiger partial charge in [-0.3, -0.25) is 0 Å². The van der Waals surface area contributed by atoms with E-state index in [4.69, 9.17) is 0 Å². The lowest BCUT2D eigenvalue weighted by Crippen LogP contribution is -2.26. The van der Waals surface area contributed by atoms with E-state index >= 15 is 0 Å². The van der Waals surface area contributed by atoms with E-state index in [0.29, 0.717) is 12.3 Å². The molecule has 3 heteroatoms. The Labute approximate surface area is 91.1 Å². The third-order valence-electron chi connectivity index (χ3n) is 3.51. The number of nitrogens with zero attached hydrogens (tertiary/aromatic N) is 2. The van der Waals surface area contributed by atoms with E-state index < -0.39 is 0 Å². The molecule has 0 aliphatic heterocycles. The first-order valence-corrected chi connectivity index (χ1v) is 5.91. The Bertz CT molecular complexity index is 302. The second kappa shape index (κ2) is 4.79. The van der Waals surface area contributed by atoms with Gasteiger partial charge in [0, 0.05) is 25.9 Å². The van der Waals surface area contributed by atoms with Crippen LogP contribution in [-0.4, -0.2) is 20.8 Å². The van der Waals surface area contributed by atoms with Crippen LogP contribution >= 0.6 is 0 Å². The maximum absolute atomic E-state index is 10.1. The minimum absolute atomic E-state index is 0.202. The summed E-state index contributed by atoms with van der Waals surface area (Å²) in [7, 11) is 1.98. The minimum atomic E-state index is -0.202. The van der Waals surface area contributed by atoms with Gasteiger partial charge < -0.3 is 9.67 Å². The van der Waals surface area contributed by atoms with Crippen LogP contribution in [0, 0.1) is 5.92 Å². The Morgan fingerprint density at radius 2 is 2.20 bits per heavy atom. The molecule has 1 unspecified atom stereocenters. The molecule has 1 saturated carbocycles. The zero-order chi connectivity index (χ0) is 10.7. The van der Waals surface area contributed by atoms with Crippen molar-refractivity contribution in [1.82, 2.24) is 9.55 Å². The molecule has 1 aromatic heterocycles. The standard InChI is InChI=1S/C12H20N2O/c1-14-8-7-13-12(14)9-11(15)10-5-3-2-4-6-10/h7-8,10-11,15H,2-6,9H2,1H3. The molecule has 3 nitrogen and oxygen atoms in total. The molecule has 1 N–H and O–H groups in total. The molecule has 0 saturated heterocycles. The summed E-state index contributed by atoms with van der Waals surface area (Å²) in [5, 5.41) is 10.1. The van der Waals surface area contributed by atoms with E-state index in [9.17, 15) is 5.11 Å². The molecular formula is C12H20N2O. The van der Waals surface area contributed by atoms with Crippen LogP contribution in [0.15, 0.2) is 12.4 Å². The third kappa shape index (κ3) is 2.59. The SMILES string of the molecule is Cn1ccnc1CC(O)C1CCCCC1. The van der Waals surface area contributed by atoms with Crippen LogP contribution in [0.1, 0.15) is 37.9 Å². The predicted molar refractivity (Wildman–Crippen MR) is 59.5 cm³/mol. The molecule has 2 rings (SSSR count).